The van der Waals surface area contributed by atoms with Gasteiger partial charge in [0.05, 0.1) is 0 Å². The average Bonchev–Trinajstić information content (AvgIpc) is 2.41. The minimum absolute atomic E-state index is 0.312. The lowest BCUT2D eigenvalue weighted by atomic mass is 9.75. The van der Waals surface area contributed by atoms with Crippen LogP contribution in [0.5, 0.6) is 0 Å². The van der Waals surface area contributed by atoms with Crippen molar-refractivity contribution in [1.29, 1.82) is 0 Å². The van der Waals surface area contributed by atoms with Gasteiger partial charge in [0.15, 0.2) is 0 Å². The van der Waals surface area contributed by atoms with E-state index in [1.165, 1.54) is 12.8 Å². The van der Waals surface area contributed by atoms with E-state index in [2.05, 4.69) is 32.8 Å². The summed E-state index contributed by atoms with van der Waals surface area (Å²) < 4.78 is 5.85. The van der Waals surface area contributed by atoms with Crippen LogP contribution in [0, 0.1) is 29.8 Å². The van der Waals surface area contributed by atoms with Gasteiger partial charge >= 0.3 is 0 Å². The molecule has 1 aliphatic carbocycles. The molecule has 0 aromatic heterocycles. The lowest BCUT2D eigenvalue weighted by Crippen LogP contribution is -2.33. The van der Waals surface area contributed by atoms with Crippen molar-refractivity contribution in [2.75, 3.05) is 0 Å². The molecule has 1 fully saturated rings. The monoisotopic (exact) mass is 256 g/mol. The Morgan fingerprint density at radius 3 is 2.58 bits per heavy atom. The van der Waals surface area contributed by atoms with E-state index in [-0.39, 0.29) is 0 Å². The molecule has 0 radical (unpaired) electrons. The Hall–Kier alpha value is -1.42. The van der Waals surface area contributed by atoms with Crippen molar-refractivity contribution in [3.8, 4) is 12.0 Å². The van der Waals surface area contributed by atoms with Crippen molar-refractivity contribution >= 4 is 0 Å². The summed E-state index contributed by atoms with van der Waals surface area (Å²) in [6.45, 7) is 6.94. The molecule has 0 N–H and O–H groups in total. The summed E-state index contributed by atoms with van der Waals surface area (Å²) in [5, 5.41) is 0. The minimum Gasteiger partial charge on any atom is -0.443 e. The zero-order chi connectivity index (χ0) is 13.7. The quantitative estimate of drug-likeness (QED) is 0.709. The highest BCUT2D eigenvalue weighted by atomic mass is 16.5. The fraction of sp³-hybridized carbons (Fsp3) is 0.556. The topological polar surface area (TPSA) is 9.23 Å². The fourth-order valence-electron chi connectivity index (χ4n) is 2.93. The Balaban J connectivity index is 1.96. The van der Waals surface area contributed by atoms with Crippen molar-refractivity contribution in [2.24, 2.45) is 17.8 Å². The molecule has 3 atom stereocenters. The maximum Gasteiger partial charge on any atom is 0.115 e. The normalized spacial score (nSPS) is 26.6. The van der Waals surface area contributed by atoms with Gasteiger partial charge < -0.3 is 4.74 Å². The van der Waals surface area contributed by atoms with Crippen LogP contribution < -0.4 is 0 Å². The Morgan fingerprint density at radius 1 is 1.16 bits per heavy atom. The van der Waals surface area contributed by atoms with Gasteiger partial charge in [-0.2, -0.15) is 0 Å². The maximum atomic E-state index is 5.85. The highest BCUT2D eigenvalue weighted by Gasteiger charge is 2.31. The molecule has 2 rings (SSSR count). The Morgan fingerprint density at radius 2 is 1.89 bits per heavy atom. The van der Waals surface area contributed by atoms with Crippen molar-refractivity contribution in [3.05, 3.63) is 35.9 Å². The van der Waals surface area contributed by atoms with Crippen LogP contribution in [-0.2, 0) is 4.74 Å². The first-order valence-electron chi connectivity index (χ1n) is 7.38. The average molecular weight is 256 g/mol. The zero-order valence-electron chi connectivity index (χ0n) is 12.2. The fourth-order valence-corrected chi connectivity index (χ4v) is 2.93. The lowest BCUT2D eigenvalue weighted by Gasteiger charge is -2.35. The van der Waals surface area contributed by atoms with Gasteiger partial charge in [-0.25, -0.2) is 0 Å². The minimum atomic E-state index is 0.312. The van der Waals surface area contributed by atoms with Gasteiger partial charge in [-0.1, -0.05) is 39.0 Å². The molecule has 102 valence electrons. The molecule has 1 aromatic carbocycles. The number of benzene rings is 1. The lowest BCUT2D eigenvalue weighted by molar-refractivity contribution is 0.0269. The number of hydrogen-bond donors (Lipinski definition) is 0. The van der Waals surface area contributed by atoms with Gasteiger partial charge in [0.25, 0.3) is 0 Å². The first-order chi connectivity index (χ1) is 9.16. The molecule has 1 saturated carbocycles. The van der Waals surface area contributed by atoms with Gasteiger partial charge in [0.2, 0.25) is 0 Å². The van der Waals surface area contributed by atoms with Gasteiger partial charge in [0.1, 0.15) is 12.2 Å². The Kier molecular flexibility index (Phi) is 4.91. The van der Waals surface area contributed by atoms with Crippen molar-refractivity contribution < 1.29 is 4.74 Å². The van der Waals surface area contributed by atoms with Gasteiger partial charge in [-0.3, -0.25) is 0 Å². The van der Waals surface area contributed by atoms with Crippen LogP contribution in [0.1, 0.15) is 45.6 Å². The Labute approximate surface area is 117 Å². The second-order valence-corrected chi connectivity index (χ2v) is 6.08. The third-order valence-corrected chi connectivity index (χ3v) is 4.13. The van der Waals surface area contributed by atoms with Crippen LogP contribution in [0.4, 0.5) is 0 Å². The predicted molar refractivity (Wildman–Crippen MR) is 79.5 cm³/mol. The van der Waals surface area contributed by atoms with Gasteiger partial charge in [-0.05, 0) is 55.1 Å². The molecule has 1 aliphatic rings. The number of ether oxygens (including phenoxy) is 1. The third-order valence-electron chi connectivity index (χ3n) is 4.13. The summed E-state index contributed by atoms with van der Waals surface area (Å²) in [6, 6.07) is 10.0. The first-order valence-corrected chi connectivity index (χ1v) is 7.38. The highest BCUT2D eigenvalue weighted by Crippen LogP contribution is 2.35. The molecule has 1 nitrogen and oxygen atoms in total. The van der Waals surface area contributed by atoms with E-state index in [1.54, 1.807) is 0 Å². The maximum absolute atomic E-state index is 5.85. The molecule has 19 heavy (non-hydrogen) atoms. The van der Waals surface area contributed by atoms with Crippen molar-refractivity contribution in [1.82, 2.24) is 0 Å². The second-order valence-electron chi connectivity index (χ2n) is 6.08. The summed E-state index contributed by atoms with van der Waals surface area (Å²) in [5.41, 5.74) is 1.02. The molecule has 0 amide bonds. The van der Waals surface area contributed by atoms with E-state index < -0.39 is 0 Å². The SMILES string of the molecule is CC(C)[C@@H]1C[C@@H](C)CC[C@H]1OC#Cc1ccccc1. The van der Waals surface area contributed by atoms with Gasteiger partial charge in [0, 0.05) is 5.56 Å². The van der Waals surface area contributed by atoms with Crippen LogP contribution in [-0.4, -0.2) is 6.10 Å². The molecular weight excluding hydrogens is 232 g/mol. The van der Waals surface area contributed by atoms with Crippen LogP contribution >= 0.6 is 0 Å². The van der Waals surface area contributed by atoms with Crippen molar-refractivity contribution in [2.45, 2.75) is 46.1 Å². The largest absolute Gasteiger partial charge is 0.443 e. The molecular formula is C18H24O. The third kappa shape index (κ3) is 4.03. The number of hydrogen-bond acceptors (Lipinski definition) is 1. The second kappa shape index (κ2) is 6.66. The molecule has 1 aromatic rings. The summed E-state index contributed by atoms with van der Waals surface area (Å²) in [4.78, 5) is 0. The standard InChI is InChI=1S/C18H24O/c1-14(2)17-13-15(3)9-10-18(17)19-12-11-16-7-5-4-6-8-16/h4-8,14-15,17-18H,9-10,13H2,1-3H3/t15-,17-,18+/m0/s1. The first kappa shape index (κ1) is 14.0. The van der Waals surface area contributed by atoms with Crippen molar-refractivity contribution in [3.63, 3.8) is 0 Å². The van der Waals surface area contributed by atoms with Gasteiger partial charge in [-0.15, -0.1) is 0 Å². The predicted octanol–water partition coefficient (Wildman–Crippen LogP) is 4.47. The summed E-state index contributed by atoms with van der Waals surface area (Å²) in [5.74, 6) is 5.24. The molecule has 0 unspecified atom stereocenters. The van der Waals surface area contributed by atoms with E-state index in [0.717, 1.165) is 17.9 Å². The molecule has 0 heterocycles. The molecule has 1 heteroatoms. The number of rotatable bonds is 2. The van der Waals surface area contributed by atoms with E-state index in [0.29, 0.717) is 17.9 Å². The molecule has 0 bridgehead atoms. The molecule has 0 aliphatic heterocycles. The molecule has 0 spiro atoms. The zero-order valence-corrected chi connectivity index (χ0v) is 12.2. The van der Waals surface area contributed by atoms with Crippen LogP contribution in [0.2, 0.25) is 0 Å². The van der Waals surface area contributed by atoms with E-state index >= 15 is 0 Å². The summed E-state index contributed by atoms with van der Waals surface area (Å²) in [7, 11) is 0. The van der Waals surface area contributed by atoms with E-state index in [1.807, 2.05) is 30.3 Å². The summed E-state index contributed by atoms with van der Waals surface area (Å²) >= 11 is 0. The smallest absolute Gasteiger partial charge is 0.115 e. The molecule has 0 saturated heterocycles. The Bertz CT molecular complexity index is 438. The van der Waals surface area contributed by atoms with E-state index in [4.69, 9.17) is 4.74 Å². The van der Waals surface area contributed by atoms with E-state index in [9.17, 15) is 0 Å². The summed E-state index contributed by atoms with van der Waals surface area (Å²) in [6.07, 6.45) is 6.92. The highest BCUT2D eigenvalue weighted by molar-refractivity contribution is 5.32. The van der Waals surface area contributed by atoms with Crippen LogP contribution in [0.3, 0.4) is 0 Å². The van der Waals surface area contributed by atoms with Crippen LogP contribution in [0.15, 0.2) is 30.3 Å². The van der Waals surface area contributed by atoms with Crippen LogP contribution in [0.25, 0.3) is 0 Å².